The zero-order valence-electron chi connectivity index (χ0n) is 9.56. The van der Waals surface area contributed by atoms with Crippen LogP contribution in [0.1, 0.15) is 5.76 Å². The lowest BCUT2D eigenvalue weighted by molar-refractivity contribution is 0.417. The van der Waals surface area contributed by atoms with Crippen molar-refractivity contribution < 1.29 is 21.6 Å². The molecule has 0 saturated carbocycles. The SMILES string of the molecule is NCc1ccc(S(=O)(=O)Nc2c(F)cccc2F)o1. The van der Waals surface area contributed by atoms with Gasteiger partial charge in [-0.3, -0.25) is 4.72 Å². The van der Waals surface area contributed by atoms with Crippen LogP contribution in [-0.2, 0) is 16.6 Å². The fourth-order valence-electron chi connectivity index (χ4n) is 1.39. The molecule has 1 aromatic heterocycles. The summed E-state index contributed by atoms with van der Waals surface area (Å²) in [4.78, 5) is 0. The third kappa shape index (κ3) is 2.74. The van der Waals surface area contributed by atoms with Gasteiger partial charge in [0.05, 0.1) is 6.54 Å². The van der Waals surface area contributed by atoms with Crippen molar-refractivity contribution in [2.24, 2.45) is 5.73 Å². The molecule has 102 valence electrons. The summed E-state index contributed by atoms with van der Waals surface area (Å²) in [5, 5.41) is -0.462. The number of halogens is 2. The summed E-state index contributed by atoms with van der Waals surface area (Å²) in [5.74, 6) is -1.79. The number of sulfonamides is 1. The first-order chi connectivity index (χ1) is 8.94. The normalized spacial score (nSPS) is 11.5. The molecule has 0 atom stereocenters. The van der Waals surface area contributed by atoms with E-state index in [1.165, 1.54) is 6.07 Å². The molecule has 0 aliphatic carbocycles. The van der Waals surface area contributed by atoms with Crippen molar-refractivity contribution in [2.45, 2.75) is 11.6 Å². The van der Waals surface area contributed by atoms with Crippen molar-refractivity contribution in [3.63, 3.8) is 0 Å². The van der Waals surface area contributed by atoms with Crippen molar-refractivity contribution in [1.29, 1.82) is 0 Å². The Labute approximate surface area is 108 Å². The fourth-order valence-corrected chi connectivity index (χ4v) is 2.42. The van der Waals surface area contributed by atoms with Crippen LogP contribution in [0.4, 0.5) is 14.5 Å². The average molecular weight is 288 g/mol. The van der Waals surface area contributed by atoms with Crippen LogP contribution in [0.3, 0.4) is 0 Å². The summed E-state index contributed by atoms with van der Waals surface area (Å²) < 4.78 is 57.1. The van der Waals surface area contributed by atoms with Gasteiger partial charge in [-0.2, -0.15) is 8.42 Å². The number of hydrogen-bond acceptors (Lipinski definition) is 4. The van der Waals surface area contributed by atoms with Crippen LogP contribution in [0.5, 0.6) is 0 Å². The van der Waals surface area contributed by atoms with Gasteiger partial charge in [-0.15, -0.1) is 0 Å². The highest BCUT2D eigenvalue weighted by Gasteiger charge is 2.22. The molecule has 1 heterocycles. The number of nitrogens with two attached hydrogens (primary N) is 1. The highest BCUT2D eigenvalue weighted by Crippen LogP contribution is 2.23. The van der Waals surface area contributed by atoms with Crippen LogP contribution in [-0.4, -0.2) is 8.42 Å². The molecule has 2 rings (SSSR count). The van der Waals surface area contributed by atoms with Crippen molar-refractivity contribution in [1.82, 2.24) is 0 Å². The van der Waals surface area contributed by atoms with E-state index < -0.39 is 32.4 Å². The zero-order chi connectivity index (χ0) is 14.0. The Kier molecular flexibility index (Phi) is 3.54. The van der Waals surface area contributed by atoms with Gasteiger partial charge < -0.3 is 10.2 Å². The summed E-state index contributed by atoms with van der Waals surface area (Å²) in [6.45, 7) is 0.0174. The van der Waals surface area contributed by atoms with Crippen molar-refractivity contribution in [3.05, 3.63) is 47.7 Å². The molecular formula is C11H10F2N2O3S. The molecule has 0 saturated heterocycles. The molecule has 0 bridgehead atoms. The summed E-state index contributed by atoms with van der Waals surface area (Å²) >= 11 is 0. The first-order valence-electron chi connectivity index (χ1n) is 5.19. The molecule has 0 amide bonds. The maximum atomic E-state index is 13.4. The molecule has 5 nitrogen and oxygen atoms in total. The third-order valence-electron chi connectivity index (χ3n) is 2.30. The van der Waals surface area contributed by atoms with E-state index in [2.05, 4.69) is 0 Å². The number of hydrogen-bond donors (Lipinski definition) is 2. The Morgan fingerprint density at radius 1 is 1.16 bits per heavy atom. The number of rotatable bonds is 4. The van der Waals surface area contributed by atoms with Crippen molar-refractivity contribution in [3.8, 4) is 0 Å². The zero-order valence-corrected chi connectivity index (χ0v) is 10.4. The summed E-state index contributed by atoms with van der Waals surface area (Å²) in [6.07, 6.45) is 0. The molecule has 3 N–H and O–H groups in total. The van der Waals surface area contributed by atoms with Crippen LogP contribution in [0.25, 0.3) is 0 Å². The Bertz CT molecular complexity index is 677. The predicted octanol–water partition coefficient (Wildman–Crippen LogP) is 1.82. The second-order valence-electron chi connectivity index (χ2n) is 3.63. The van der Waals surface area contributed by atoms with Gasteiger partial charge in [0.2, 0.25) is 5.09 Å². The van der Waals surface area contributed by atoms with E-state index in [-0.39, 0.29) is 12.3 Å². The molecule has 0 aliphatic heterocycles. The monoisotopic (exact) mass is 288 g/mol. The lowest BCUT2D eigenvalue weighted by Gasteiger charge is -2.07. The minimum absolute atomic E-state index is 0.0174. The van der Waals surface area contributed by atoms with E-state index in [1.807, 2.05) is 0 Å². The quantitative estimate of drug-likeness (QED) is 0.898. The molecule has 0 fully saturated rings. The Hall–Kier alpha value is -1.93. The van der Waals surface area contributed by atoms with Crippen molar-refractivity contribution in [2.75, 3.05) is 4.72 Å². The van der Waals surface area contributed by atoms with Gasteiger partial charge in [0.1, 0.15) is 23.1 Å². The Morgan fingerprint density at radius 2 is 1.79 bits per heavy atom. The third-order valence-corrected chi connectivity index (χ3v) is 3.52. The second kappa shape index (κ2) is 4.98. The van der Waals surface area contributed by atoms with E-state index in [0.717, 1.165) is 24.3 Å². The van der Waals surface area contributed by atoms with E-state index in [1.54, 1.807) is 4.72 Å². The molecule has 19 heavy (non-hydrogen) atoms. The van der Waals surface area contributed by atoms with Gasteiger partial charge in [0.15, 0.2) is 0 Å². The van der Waals surface area contributed by atoms with Crippen LogP contribution in [0.2, 0.25) is 0 Å². The van der Waals surface area contributed by atoms with Gasteiger partial charge in [0.25, 0.3) is 10.0 Å². The number of nitrogens with one attached hydrogen (secondary N) is 1. The molecule has 1 aromatic carbocycles. The van der Waals surface area contributed by atoms with Crippen molar-refractivity contribution >= 4 is 15.7 Å². The van der Waals surface area contributed by atoms with Crippen LogP contribution in [0, 0.1) is 11.6 Å². The maximum absolute atomic E-state index is 13.4. The van der Waals surface area contributed by atoms with E-state index in [0.29, 0.717) is 0 Å². The highest BCUT2D eigenvalue weighted by atomic mass is 32.2. The minimum Gasteiger partial charge on any atom is -0.446 e. The molecule has 0 radical (unpaired) electrons. The molecular weight excluding hydrogens is 278 g/mol. The van der Waals surface area contributed by atoms with Gasteiger partial charge in [-0.05, 0) is 24.3 Å². The molecule has 0 spiro atoms. The topological polar surface area (TPSA) is 85.3 Å². The van der Waals surface area contributed by atoms with Crippen LogP contribution < -0.4 is 10.5 Å². The smallest absolute Gasteiger partial charge is 0.295 e. The van der Waals surface area contributed by atoms with E-state index in [4.69, 9.17) is 10.2 Å². The second-order valence-corrected chi connectivity index (χ2v) is 5.24. The minimum atomic E-state index is -4.20. The number of para-hydroxylation sites is 1. The van der Waals surface area contributed by atoms with E-state index >= 15 is 0 Å². The standard InChI is InChI=1S/C11H10F2N2O3S/c12-8-2-1-3-9(13)11(8)15-19(16,17)10-5-4-7(6-14)18-10/h1-5,15H,6,14H2. The highest BCUT2D eigenvalue weighted by molar-refractivity contribution is 7.92. The first-order valence-corrected chi connectivity index (χ1v) is 6.68. The average Bonchev–Trinajstić information content (AvgIpc) is 2.83. The summed E-state index contributed by atoms with van der Waals surface area (Å²) in [7, 11) is -4.20. The summed E-state index contributed by atoms with van der Waals surface area (Å²) in [6, 6.07) is 5.53. The molecule has 0 unspecified atom stereocenters. The Morgan fingerprint density at radius 3 is 2.32 bits per heavy atom. The first kappa shape index (κ1) is 13.5. The molecule has 0 aliphatic rings. The van der Waals surface area contributed by atoms with Crippen LogP contribution in [0.15, 0.2) is 39.8 Å². The van der Waals surface area contributed by atoms with E-state index in [9.17, 15) is 17.2 Å². The lowest BCUT2D eigenvalue weighted by Crippen LogP contribution is -2.14. The lowest BCUT2D eigenvalue weighted by atomic mass is 10.3. The number of benzene rings is 1. The predicted molar refractivity (Wildman–Crippen MR) is 63.8 cm³/mol. The van der Waals surface area contributed by atoms with Gasteiger partial charge in [-0.25, -0.2) is 8.78 Å². The number of furan rings is 1. The molecule has 2 aromatic rings. The van der Waals surface area contributed by atoms with Crippen LogP contribution >= 0.6 is 0 Å². The maximum Gasteiger partial charge on any atom is 0.295 e. The van der Waals surface area contributed by atoms with Gasteiger partial charge in [0, 0.05) is 0 Å². The largest absolute Gasteiger partial charge is 0.446 e. The fraction of sp³-hybridized carbons (Fsp3) is 0.0909. The Balaban J connectivity index is 2.36. The van der Waals surface area contributed by atoms with Gasteiger partial charge >= 0.3 is 0 Å². The molecule has 8 heteroatoms. The van der Waals surface area contributed by atoms with Gasteiger partial charge in [-0.1, -0.05) is 6.07 Å². The summed E-state index contributed by atoms with van der Waals surface area (Å²) in [5.41, 5.74) is 4.52. The number of anilines is 1.